The number of aromatic nitrogens is 2. The molecule has 3 rings (SSSR count). The molecule has 3 unspecified atom stereocenters. The number of aliphatic hydroxyl groups is 1. The van der Waals surface area contributed by atoms with Crippen molar-refractivity contribution in [2.75, 3.05) is 6.54 Å². The molecule has 0 bridgehead atoms. The number of benzene rings is 1. The molecule has 8 nitrogen and oxygen atoms in total. The normalized spacial score (nSPS) is 22.4. The van der Waals surface area contributed by atoms with Crippen LogP contribution in [0.5, 0.6) is 0 Å². The Kier molecular flexibility index (Phi) is 8.02. The van der Waals surface area contributed by atoms with Crippen molar-refractivity contribution in [3.05, 3.63) is 48.2 Å². The van der Waals surface area contributed by atoms with E-state index in [4.69, 9.17) is 8.84 Å². The van der Waals surface area contributed by atoms with Crippen LogP contribution in [0.2, 0.25) is 18.1 Å². The van der Waals surface area contributed by atoms with E-state index in [2.05, 4.69) is 54.3 Å². The monoisotopic (exact) mass is 488 g/mol. The van der Waals surface area contributed by atoms with Crippen molar-refractivity contribution >= 4 is 14.2 Å². The second-order valence-corrected chi connectivity index (χ2v) is 15.7. The molecule has 2 heterocycles. The standard InChI is InChI=1S/C25H40N4O4Si/c1-18(33-34(6,7)24(3,4)5)21(22-28-26-17-32-22)27-23(31)25(19(2)30)14-11-15-29(25)16-20-12-9-8-10-13-20/h8-10,12-13,17-19,21,30H,11,14-16H2,1-7H3,(H,27,31)/t18?,19?,21-,25?/m0/s1. The number of nitrogens with one attached hydrogen (secondary N) is 1. The Morgan fingerprint density at radius 1 is 1.29 bits per heavy atom. The molecular formula is C25H40N4O4Si. The smallest absolute Gasteiger partial charge is 0.243 e. The van der Waals surface area contributed by atoms with Crippen LogP contribution in [0, 0.1) is 0 Å². The van der Waals surface area contributed by atoms with Crippen LogP contribution < -0.4 is 5.32 Å². The van der Waals surface area contributed by atoms with E-state index in [0.717, 1.165) is 18.5 Å². The van der Waals surface area contributed by atoms with Gasteiger partial charge in [0.2, 0.25) is 18.2 Å². The fourth-order valence-corrected chi connectivity index (χ4v) is 5.93. The zero-order valence-electron chi connectivity index (χ0n) is 21.5. The van der Waals surface area contributed by atoms with Crippen molar-refractivity contribution in [1.29, 1.82) is 0 Å². The molecule has 1 aliphatic heterocycles. The van der Waals surface area contributed by atoms with Gasteiger partial charge in [0, 0.05) is 6.54 Å². The summed E-state index contributed by atoms with van der Waals surface area (Å²) in [6, 6.07) is 9.40. The first-order chi connectivity index (χ1) is 15.9. The van der Waals surface area contributed by atoms with Gasteiger partial charge in [-0.05, 0) is 56.9 Å². The minimum absolute atomic E-state index is 0.00341. The van der Waals surface area contributed by atoms with Gasteiger partial charge in [-0.1, -0.05) is 51.1 Å². The van der Waals surface area contributed by atoms with Crippen LogP contribution in [0.25, 0.3) is 0 Å². The highest BCUT2D eigenvalue weighted by Crippen LogP contribution is 2.39. The van der Waals surface area contributed by atoms with E-state index >= 15 is 0 Å². The molecule has 34 heavy (non-hydrogen) atoms. The Hall–Kier alpha value is -2.07. The summed E-state index contributed by atoms with van der Waals surface area (Å²) in [5, 5.41) is 22.0. The quantitative estimate of drug-likeness (QED) is 0.514. The summed E-state index contributed by atoms with van der Waals surface area (Å²) in [6.45, 7) is 15.8. The highest BCUT2D eigenvalue weighted by molar-refractivity contribution is 6.74. The Morgan fingerprint density at radius 2 is 1.97 bits per heavy atom. The molecule has 9 heteroatoms. The topological polar surface area (TPSA) is 101 Å². The molecule has 4 atom stereocenters. The van der Waals surface area contributed by atoms with Gasteiger partial charge >= 0.3 is 0 Å². The Balaban J connectivity index is 1.88. The molecular weight excluding hydrogens is 448 g/mol. The number of carbonyl (C=O) groups excluding carboxylic acids is 1. The van der Waals surface area contributed by atoms with Gasteiger partial charge in [-0.25, -0.2) is 0 Å². The first-order valence-electron chi connectivity index (χ1n) is 12.1. The molecule has 0 aliphatic carbocycles. The number of likely N-dealkylation sites (tertiary alicyclic amines) is 1. The average molecular weight is 489 g/mol. The lowest BCUT2D eigenvalue weighted by Gasteiger charge is -2.42. The van der Waals surface area contributed by atoms with Crippen LogP contribution in [0.15, 0.2) is 41.1 Å². The van der Waals surface area contributed by atoms with Gasteiger partial charge in [0.05, 0.1) is 12.2 Å². The number of hydrogen-bond donors (Lipinski definition) is 2. The molecule has 188 valence electrons. The van der Waals surface area contributed by atoms with Gasteiger partial charge < -0.3 is 19.3 Å². The molecule has 0 spiro atoms. The van der Waals surface area contributed by atoms with E-state index in [1.807, 2.05) is 37.3 Å². The van der Waals surface area contributed by atoms with Gasteiger partial charge in [-0.3, -0.25) is 9.69 Å². The lowest BCUT2D eigenvalue weighted by atomic mass is 9.88. The second-order valence-electron chi connectivity index (χ2n) is 10.9. The lowest BCUT2D eigenvalue weighted by Crippen LogP contribution is -2.62. The lowest BCUT2D eigenvalue weighted by molar-refractivity contribution is -0.141. The van der Waals surface area contributed by atoms with Gasteiger partial charge in [-0.2, -0.15) is 0 Å². The van der Waals surface area contributed by atoms with Crippen molar-refractivity contribution in [2.24, 2.45) is 0 Å². The fourth-order valence-electron chi connectivity index (χ4n) is 4.51. The number of carbonyl (C=O) groups is 1. The molecule has 1 fully saturated rings. The maximum Gasteiger partial charge on any atom is 0.243 e. The number of aliphatic hydroxyl groups excluding tert-OH is 1. The summed E-state index contributed by atoms with van der Waals surface area (Å²) in [5.74, 6) is 0.0534. The SMILES string of the molecule is CC(O[Si](C)(C)C(C)(C)C)[C@H](NC(=O)C1(C(C)O)CCCN1Cc1ccccc1)c1nnco1. The Morgan fingerprint density at radius 3 is 2.53 bits per heavy atom. The fraction of sp³-hybridized carbons (Fsp3) is 0.640. The summed E-state index contributed by atoms with van der Waals surface area (Å²) >= 11 is 0. The number of rotatable bonds is 9. The van der Waals surface area contributed by atoms with Crippen molar-refractivity contribution in [3.8, 4) is 0 Å². The maximum atomic E-state index is 13.9. The molecule has 1 aromatic heterocycles. The molecule has 1 saturated heterocycles. The summed E-state index contributed by atoms with van der Waals surface area (Å²) < 4.78 is 12.1. The van der Waals surface area contributed by atoms with Crippen LogP contribution in [0.1, 0.15) is 65.0 Å². The predicted molar refractivity (Wildman–Crippen MR) is 133 cm³/mol. The first-order valence-corrected chi connectivity index (χ1v) is 15.0. The van der Waals surface area contributed by atoms with E-state index in [9.17, 15) is 9.90 Å². The second kappa shape index (κ2) is 10.3. The van der Waals surface area contributed by atoms with Crippen LogP contribution in [0.4, 0.5) is 0 Å². The Bertz CT molecular complexity index is 930. The van der Waals surface area contributed by atoms with E-state index in [1.54, 1.807) is 6.92 Å². The highest BCUT2D eigenvalue weighted by atomic mass is 28.4. The maximum absolute atomic E-state index is 13.9. The summed E-state index contributed by atoms with van der Waals surface area (Å²) in [7, 11) is -2.13. The molecule has 2 aromatic rings. The predicted octanol–water partition coefficient (Wildman–Crippen LogP) is 4.05. The molecule has 2 N–H and O–H groups in total. The van der Waals surface area contributed by atoms with Crippen molar-refractivity contribution in [1.82, 2.24) is 20.4 Å². The number of hydrogen-bond acceptors (Lipinski definition) is 7. The van der Waals surface area contributed by atoms with Crippen LogP contribution in [-0.2, 0) is 15.8 Å². The van der Waals surface area contributed by atoms with E-state index in [-0.39, 0.29) is 17.0 Å². The third kappa shape index (κ3) is 5.43. The molecule has 1 aliphatic rings. The van der Waals surface area contributed by atoms with Crippen molar-refractivity contribution < 1.29 is 18.7 Å². The summed E-state index contributed by atoms with van der Waals surface area (Å²) in [6.07, 6.45) is 1.40. The first kappa shape index (κ1) is 26.5. The van der Waals surface area contributed by atoms with Crippen LogP contribution in [0.3, 0.4) is 0 Å². The van der Waals surface area contributed by atoms with E-state index in [0.29, 0.717) is 18.9 Å². The van der Waals surface area contributed by atoms with Gasteiger partial charge in [0.25, 0.3) is 0 Å². The third-order valence-corrected chi connectivity index (χ3v) is 12.1. The van der Waals surface area contributed by atoms with E-state index in [1.165, 1.54) is 6.39 Å². The van der Waals surface area contributed by atoms with E-state index < -0.39 is 26.0 Å². The van der Waals surface area contributed by atoms with Crippen molar-refractivity contribution in [2.45, 2.75) is 95.9 Å². The molecule has 0 saturated carbocycles. The average Bonchev–Trinajstić information content (AvgIpc) is 3.42. The molecule has 1 amide bonds. The van der Waals surface area contributed by atoms with Crippen LogP contribution >= 0.6 is 0 Å². The largest absolute Gasteiger partial charge is 0.426 e. The third-order valence-electron chi connectivity index (χ3n) is 7.54. The van der Waals surface area contributed by atoms with Gasteiger partial charge in [0.1, 0.15) is 11.6 Å². The zero-order valence-corrected chi connectivity index (χ0v) is 22.5. The van der Waals surface area contributed by atoms with Crippen LogP contribution in [-0.4, -0.2) is 58.7 Å². The highest BCUT2D eigenvalue weighted by Gasteiger charge is 2.52. The van der Waals surface area contributed by atoms with Gasteiger partial charge in [0.15, 0.2) is 8.32 Å². The summed E-state index contributed by atoms with van der Waals surface area (Å²) in [4.78, 5) is 16.0. The number of amides is 1. The minimum Gasteiger partial charge on any atom is -0.426 e. The van der Waals surface area contributed by atoms with Gasteiger partial charge in [-0.15, -0.1) is 10.2 Å². The minimum atomic E-state index is -2.13. The Labute approximate surface area is 204 Å². The van der Waals surface area contributed by atoms with Crippen molar-refractivity contribution in [3.63, 3.8) is 0 Å². The zero-order chi connectivity index (χ0) is 25.1. The number of nitrogens with zero attached hydrogens (tertiary/aromatic N) is 3. The molecule has 1 aromatic carbocycles. The summed E-state index contributed by atoms with van der Waals surface area (Å²) in [5.41, 5.74) is 0.0513. The molecule has 0 radical (unpaired) electrons.